The number of anilines is 1. The highest BCUT2D eigenvalue weighted by molar-refractivity contribution is 7.90. The normalized spacial score (nSPS) is 24.4. The Balaban J connectivity index is 1.96. The highest BCUT2D eigenvalue weighted by Crippen LogP contribution is 2.30. The average Bonchev–Trinajstić information content (AvgIpc) is 2.47. The topological polar surface area (TPSA) is 66.6 Å². The highest BCUT2D eigenvalue weighted by Gasteiger charge is 2.35. The SMILES string of the molecule is NC1Cc2ccccc2N(S(=O)(=O)N2CCCCC2)C1. The van der Waals surface area contributed by atoms with Crippen LogP contribution in [0.3, 0.4) is 0 Å². The first-order valence-electron chi connectivity index (χ1n) is 7.20. The average molecular weight is 295 g/mol. The van der Waals surface area contributed by atoms with Gasteiger partial charge in [0.1, 0.15) is 0 Å². The molecule has 1 unspecified atom stereocenters. The van der Waals surface area contributed by atoms with Crippen molar-refractivity contribution in [3.8, 4) is 0 Å². The fourth-order valence-electron chi connectivity index (χ4n) is 3.04. The third-order valence-electron chi connectivity index (χ3n) is 4.06. The monoisotopic (exact) mass is 295 g/mol. The molecule has 0 aliphatic carbocycles. The number of hydrogen-bond acceptors (Lipinski definition) is 3. The van der Waals surface area contributed by atoms with E-state index in [2.05, 4.69) is 0 Å². The maximum Gasteiger partial charge on any atom is 0.304 e. The zero-order valence-electron chi connectivity index (χ0n) is 11.5. The van der Waals surface area contributed by atoms with Gasteiger partial charge in [-0.25, -0.2) is 0 Å². The molecule has 5 nitrogen and oxygen atoms in total. The molecule has 2 aliphatic rings. The smallest absolute Gasteiger partial charge is 0.304 e. The van der Waals surface area contributed by atoms with Crippen LogP contribution in [-0.4, -0.2) is 38.4 Å². The van der Waals surface area contributed by atoms with Gasteiger partial charge < -0.3 is 5.73 Å². The number of piperidine rings is 1. The van der Waals surface area contributed by atoms with Crippen molar-refractivity contribution in [1.29, 1.82) is 0 Å². The largest absolute Gasteiger partial charge is 0.326 e. The molecule has 0 bridgehead atoms. The Morgan fingerprint density at radius 1 is 1.10 bits per heavy atom. The number of rotatable bonds is 2. The van der Waals surface area contributed by atoms with Crippen LogP contribution in [0.25, 0.3) is 0 Å². The Morgan fingerprint density at radius 2 is 1.80 bits per heavy atom. The molecule has 3 rings (SSSR count). The molecule has 1 aromatic rings. The van der Waals surface area contributed by atoms with Crippen LogP contribution in [0.4, 0.5) is 5.69 Å². The molecule has 0 radical (unpaired) electrons. The lowest BCUT2D eigenvalue weighted by atomic mass is 10.0. The second-order valence-corrected chi connectivity index (χ2v) is 7.44. The molecule has 1 fully saturated rings. The summed E-state index contributed by atoms with van der Waals surface area (Å²) in [5.41, 5.74) is 7.85. The van der Waals surface area contributed by atoms with Crippen LogP contribution in [0.15, 0.2) is 24.3 Å². The second kappa shape index (κ2) is 5.35. The molecule has 110 valence electrons. The molecule has 0 amide bonds. The molecule has 0 spiro atoms. The van der Waals surface area contributed by atoms with Gasteiger partial charge in [0.2, 0.25) is 0 Å². The van der Waals surface area contributed by atoms with Gasteiger partial charge in [-0.2, -0.15) is 12.7 Å². The predicted octanol–water partition coefficient (Wildman–Crippen LogP) is 1.11. The molecule has 1 saturated heterocycles. The van der Waals surface area contributed by atoms with Crippen LogP contribution in [0.2, 0.25) is 0 Å². The summed E-state index contributed by atoms with van der Waals surface area (Å²) in [6, 6.07) is 7.52. The minimum Gasteiger partial charge on any atom is -0.326 e. The quantitative estimate of drug-likeness (QED) is 0.888. The Kier molecular flexibility index (Phi) is 3.70. The fraction of sp³-hybridized carbons (Fsp3) is 0.571. The Bertz CT molecular complexity index is 582. The Labute approximate surface area is 120 Å². The lowest BCUT2D eigenvalue weighted by Crippen LogP contribution is -2.52. The van der Waals surface area contributed by atoms with Gasteiger partial charge in [0.25, 0.3) is 0 Å². The first-order chi connectivity index (χ1) is 9.59. The molecule has 1 atom stereocenters. The third kappa shape index (κ3) is 2.43. The van der Waals surface area contributed by atoms with Gasteiger partial charge in [-0.1, -0.05) is 24.6 Å². The van der Waals surface area contributed by atoms with Crippen molar-refractivity contribution in [1.82, 2.24) is 4.31 Å². The molecular weight excluding hydrogens is 274 g/mol. The Morgan fingerprint density at radius 3 is 2.55 bits per heavy atom. The zero-order valence-corrected chi connectivity index (χ0v) is 12.3. The van der Waals surface area contributed by atoms with Gasteiger partial charge in [-0.3, -0.25) is 4.31 Å². The van der Waals surface area contributed by atoms with E-state index in [1.807, 2.05) is 24.3 Å². The van der Waals surface area contributed by atoms with E-state index in [1.165, 1.54) is 4.31 Å². The molecule has 2 N–H and O–H groups in total. The molecule has 2 aliphatic heterocycles. The van der Waals surface area contributed by atoms with Crippen molar-refractivity contribution in [3.05, 3.63) is 29.8 Å². The summed E-state index contributed by atoms with van der Waals surface area (Å²) in [6.07, 6.45) is 3.74. The van der Waals surface area contributed by atoms with Crippen LogP contribution in [0.5, 0.6) is 0 Å². The van der Waals surface area contributed by atoms with E-state index in [4.69, 9.17) is 5.73 Å². The minimum atomic E-state index is -3.44. The van der Waals surface area contributed by atoms with Crippen LogP contribution in [0, 0.1) is 0 Å². The van der Waals surface area contributed by atoms with Crippen molar-refractivity contribution in [3.63, 3.8) is 0 Å². The molecule has 0 aromatic heterocycles. The van der Waals surface area contributed by atoms with Gasteiger partial charge in [-0.05, 0) is 30.9 Å². The lowest BCUT2D eigenvalue weighted by molar-refractivity contribution is 0.344. The fourth-order valence-corrected chi connectivity index (χ4v) is 4.84. The Hall–Kier alpha value is -1.11. The summed E-state index contributed by atoms with van der Waals surface area (Å²) < 4.78 is 28.8. The van der Waals surface area contributed by atoms with E-state index < -0.39 is 10.2 Å². The second-order valence-electron chi connectivity index (χ2n) is 5.59. The van der Waals surface area contributed by atoms with E-state index in [9.17, 15) is 8.42 Å². The number of nitrogens with zero attached hydrogens (tertiary/aromatic N) is 2. The molecule has 2 heterocycles. The summed E-state index contributed by atoms with van der Waals surface area (Å²) in [4.78, 5) is 0. The summed E-state index contributed by atoms with van der Waals surface area (Å²) in [5.74, 6) is 0. The number of benzene rings is 1. The van der Waals surface area contributed by atoms with Gasteiger partial charge in [0, 0.05) is 19.1 Å². The number of fused-ring (bicyclic) bond motifs is 1. The summed E-state index contributed by atoms with van der Waals surface area (Å²) in [5, 5.41) is 0. The number of hydrogen-bond donors (Lipinski definition) is 1. The third-order valence-corrected chi connectivity index (χ3v) is 5.98. The van der Waals surface area contributed by atoms with E-state index in [0.29, 0.717) is 19.6 Å². The molecule has 20 heavy (non-hydrogen) atoms. The van der Waals surface area contributed by atoms with Crippen molar-refractivity contribution >= 4 is 15.9 Å². The van der Waals surface area contributed by atoms with E-state index in [0.717, 1.165) is 36.9 Å². The minimum absolute atomic E-state index is 0.135. The summed E-state index contributed by atoms with van der Waals surface area (Å²) in [6.45, 7) is 1.61. The maximum atomic E-state index is 12.8. The van der Waals surface area contributed by atoms with E-state index in [1.54, 1.807) is 4.31 Å². The molecular formula is C14H21N3O2S. The number of para-hydroxylation sites is 1. The predicted molar refractivity (Wildman–Crippen MR) is 79.8 cm³/mol. The van der Waals surface area contributed by atoms with Gasteiger partial charge in [0.15, 0.2) is 0 Å². The van der Waals surface area contributed by atoms with Crippen molar-refractivity contribution in [2.45, 2.75) is 31.7 Å². The standard InChI is InChI=1S/C14H21N3O2S/c15-13-10-12-6-2-3-7-14(12)17(11-13)20(18,19)16-8-4-1-5-9-16/h2-3,6-7,13H,1,4-5,8-11,15H2. The highest BCUT2D eigenvalue weighted by atomic mass is 32.2. The molecule has 0 saturated carbocycles. The van der Waals surface area contributed by atoms with Gasteiger partial charge in [-0.15, -0.1) is 0 Å². The molecule has 6 heteroatoms. The lowest BCUT2D eigenvalue weighted by Gasteiger charge is -2.38. The van der Waals surface area contributed by atoms with Crippen molar-refractivity contribution in [2.24, 2.45) is 5.73 Å². The summed E-state index contributed by atoms with van der Waals surface area (Å²) >= 11 is 0. The van der Waals surface area contributed by atoms with E-state index in [-0.39, 0.29) is 6.04 Å². The van der Waals surface area contributed by atoms with Gasteiger partial charge >= 0.3 is 10.2 Å². The van der Waals surface area contributed by atoms with Crippen molar-refractivity contribution in [2.75, 3.05) is 23.9 Å². The summed E-state index contributed by atoms with van der Waals surface area (Å²) in [7, 11) is -3.44. The van der Waals surface area contributed by atoms with Crippen molar-refractivity contribution < 1.29 is 8.42 Å². The molecule has 1 aromatic carbocycles. The van der Waals surface area contributed by atoms with Crippen LogP contribution in [-0.2, 0) is 16.6 Å². The first-order valence-corrected chi connectivity index (χ1v) is 8.60. The first kappa shape index (κ1) is 13.9. The van der Waals surface area contributed by atoms with Gasteiger partial charge in [0.05, 0.1) is 12.2 Å². The number of nitrogens with two attached hydrogens (primary N) is 1. The van der Waals surface area contributed by atoms with E-state index >= 15 is 0 Å². The maximum absolute atomic E-state index is 12.8. The van der Waals surface area contributed by atoms with Crippen LogP contribution < -0.4 is 10.0 Å². The zero-order chi connectivity index (χ0) is 14.2. The van der Waals surface area contributed by atoms with Crippen LogP contribution in [0.1, 0.15) is 24.8 Å². The van der Waals surface area contributed by atoms with Crippen LogP contribution >= 0.6 is 0 Å².